The molecule has 0 aliphatic carbocycles. The number of carbonyl (C=O) groups is 2. The predicted molar refractivity (Wildman–Crippen MR) is 93.5 cm³/mol. The van der Waals surface area contributed by atoms with E-state index in [0.29, 0.717) is 28.8 Å². The standard InChI is InChI=1S/C17H20N2O5S/c1-4-23-12-7-5-6-8-13(12)24-9-14(20)18-11(3)16-19-10(2)15(25-16)17(21)22/h5-8,11H,4,9H2,1-3H3,(H,18,20)(H,21,22). The van der Waals surface area contributed by atoms with Crippen LogP contribution < -0.4 is 14.8 Å². The minimum Gasteiger partial charge on any atom is -0.490 e. The highest BCUT2D eigenvalue weighted by molar-refractivity contribution is 7.13. The number of aryl methyl sites for hydroxylation is 1. The Morgan fingerprint density at radius 2 is 1.92 bits per heavy atom. The average Bonchev–Trinajstić information content (AvgIpc) is 2.96. The summed E-state index contributed by atoms with van der Waals surface area (Å²) in [5.41, 5.74) is 0.440. The molecule has 2 rings (SSSR count). The highest BCUT2D eigenvalue weighted by atomic mass is 32.1. The molecule has 25 heavy (non-hydrogen) atoms. The zero-order chi connectivity index (χ0) is 18.4. The second-order valence-corrected chi connectivity index (χ2v) is 6.26. The number of ether oxygens (including phenoxy) is 2. The molecule has 0 spiro atoms. The van der Waals surface area contributed by atoms with Crippen LogP contribution in [0.3, 0.4) is 0 Å². The van der Waals surface area contributed by atoms with Crippen molar-refractivity contribution in [3.8, 4) is 11.5 Å². The minimum absolute atomic E-state index is 0.176. The molecular formula is C17H20N2O5S. The normalized spacial score (nSPS) is 11.6. The lowest BCUT2D eigenvalue weighted by Gasteiger charge is -2.14. The van der Waals surface area contributed by atoms with Crippen molar-refractivity contribution in [1.29, 1.82) is 0 Å². The lowest BCUT2D eigenvalue weighted by atomic mass is 10.3. The molecule has 1 atom stereocenters. The summed E-state index contributed by atoms with van der Waals surface area (Å²) in [6, 6.07) is 6.71. The summed E-state index contributed by atoms with van der Waals surface area (Å²) in [5, 5.41) is 12.4. The van der Waals surface area contributed by atoms with Crippen LogP contribution in [0.5, 0.6) is 11.5 Å². The highest BCUT2D eigenvalue weighted by Gasteiger charge is 2.19. The Bertz CT molecular complexity index is 759. The first-order valence-corrected chi connectivity index (χ1v) is 8.58. The van der Waals surface area contributed by atoms with Crippen molar-refractivity contribution in [1.82, 2.24) is 10.3 Å². The quantitative estimate of drug-likeness (QED) is 0.747. The zero-order valence-electron chi connectivity index (χ0n) is 14.2. The Labute approximate surface area is 149 Å². The van der Waals surface area contributed by atoms with E-state index < -0.39 is 12.0 Å². The Kier molecular flexibility index (Phi) is 6.35. The van der Waals surface area contributed by atoms with Gasteiger partial charge >= 0.3 is 5.97 Å². The smallest absolute Gasteiger partial charge is 0.347 e. The van der Waals surface area contributed by atoms with Crippen molar-refractivity contribution in [2.75, 3.05) is 13.2 Å². The predicted octanol–water partition coefficient (Wildman–Crippen LogP) is 2.80. The summed E-state index contributed by atoms with van der Waals surface area (Å²) in [5.74, 6) is -0.280. The van der Waals surface area contributed by atoms with Gasteiger partial charge in [-0.3, -0.25) is 4.79 Å². The van der Waals surface area contributed by atoms with Gasteiger partial charge in [0.05, 0.1) is 18.3 Å². The number of aromatic nitrogens is 1. The molecule has 1 aromatic carbocycles. The van der Waals surface area contributed by atoms with Gasteiger partial charge in [0, 0.05) is 0 Å². The summed E-state index contributed by atoms with van der Waals surface area (Å²) >= 11 is 1.06. The third-order valence-electron chi connectivity index (χ3n) is 3.26. The largest absolute Gasteiger partial charge is 0.490 e. The maximum absolute atomic E-state index is 12.1. The molecule has 0 aliphatic rings. The van der Waals surface area contributed by atoms with Gasteiger partial charge in [-0.2, -0.15) is 0 Å². The van der Waals surface area contributed by atoms with Gasteiger partial charge in [0.15, 0.2) is 18.1 Å². The molecule has 0 radical (unpaired) electrons. The third-order valence-corrected chi connectivity index (χ3v) is 4.59. The molecule has 0 fully saturated rings. The number of benzene rings is 1. The van der Waals surface area contributed by atoms with E-state index in [2.05, 4.69) is 10.3 Å². The minimum atomic E-state index is -1.02. The molecular weight excluding hydrogens is 344 g/mol. The van der Waals surface area contributed by atoms with Crippen LogP contribution in [0.4, 0.5) is 0 Å². The number of thiazole rings is 1. The van der Waals surface area contributed by atoms with Crippen LogP contribution in [0.2, 0.25) is 0 Å². The molecule has 1 amide bonds. The van der Waals surface area contributed by atoms with E-state index in [1.807, 2.05) is 13.0 Å². The molecule has 2 aromatic rings. The maximum Gasteiger partial charge on any atom is 0.347 e. The Morgan fingerprint density at radius 3 is 2.48 bits per heavy atom. The summed E-state index contributed by atoms with van der Waals surface area (Å²) in [7, 11) is 0. The van der Waals surface area contributed by atoms with Gasteiger partial charge in [-0.25, -0.2) is 9.78 Å². The monoisotopic (exact) mass is 364 g/mol. The van der Waals surface area contributed by atoms with Gasteiger partial charge < -0.3 is 19.9 Å². The fourth-order valence-corrected chi connectivity index (χ4v) is 3.04. The fourth-order valence-electron chi connectivity index (χ4n) is 2.13. The zero-order valence-corrected chi connectivity index (χ0v) is 15.1. The first-order valence-electron chi connectivity index (χ1n) is 7.77. The molecule has 0 saturated heterocycles. The number of carboxylic acid groups (broad SMARTS) is 1. The molecule has 7 nitrogen and oxygen atoms in total. The van der Waals surface area contributed by atoms with Crippen LogP contribution in [-0.4, -0.2) is 35.2 Å². The molecule has 8 heteroatoms. The first-order chi connectivity index (χ1) is 11.9. The van der Waals surface area contributed by atoms with Crippen molar-refractivity contribution in [3.63, 3.8) is 0 Å². The number of rotatable bonds is 8. The van der Waals surface area contributed by atoms with Crippen molar-refractivity contribution in [2.45, 2.75) is 26.8 Å². The molecule has 0 bridgehead atoms. The van der Waals surface area contributed by atoms with Gasteiger partial charge in [-0.1, -0.05) is 12.1 Å². The van der Waals surface area contributed by atoms with E-state index >= 15 is 0 Å². The van der Waals surface area contributed by atoms with Gasteiger partial charge in [0.25, 0.3) is 5.91 Å². The van der Waals surface area contributed by atoms with Crippen molar-refractivity contribution >= 4 is 23.2 Å². The van der Waals surface area contributed by atoms with E-state index in [1.165, 1.54) is 0 Å². The van der Waals surface area contributed by atoms with Gasteiger partial charge in [-0.15, -0.1) is 11.3 Å². The number of hydrogen-bond acceptors (Lipinski definition) is 6. The number of nitrogens with one attached hydrogen (secondary N) is 1. The first kappa shape index (κ1) is 18.7. The van der Waals surface area contributed by atoms with Crippen LogP contribution in [0, 0.1) is 6.92 Å². The van der Waals surface area contributed by atoms with Gasteiger partial charge in [0.1, 0.15) is 9.88 Å². The van der Waals surface area contributed by atoms with E-state index in [1.54, 1.807) is 32.0 Å². The van der Waals surface area contributed by atoms with Crippen LogP contribution in [-0.2, 0) is 4.79 Å². The number of hydrogen-bond donors (Lipinski definition) is 2. The number of amides is 1. The van der Waals surface area contributed by atoms with Crippen molar-refractivity contribution in [3.05, 3.63) is 39.8 Å². The van der Waals surface area contributed by atoms with E-state index in [-0.39, 0.29) is 17.4 Å². The van der Waals surface area contributed by atoms with Crippen LogP contribution >= 0.6 is 11.3 Å². The topological polar surface area (TPSA) is 97.8 Å². The molecule has 0 saturated carbocycles. The van der Waals surface area contributed by atoms with Crippen LogP contribution in [0.25, 0.3) is 0 Å². The average molecular weight is 364 g/mol. The number of nitrogens with zero attached hydrogens (tertiary/aromatic N) is 1. The molecule has 134 valence electrons. The molecule has 2 N–H and O–H groups in total. The lowest BCUT2D eigenvalue weighted by Crippen LogP contribution is -2.31. The number of carboxylic acids is 1. The molecule has 0 aliphatic heterocycles. The Hall–Kier alpha value is -2.61. The lowest BCUT2D eigenvalue weighted by molar-refractivity contribution is -0.123. The molecule has 1 aromatic heterocycles. The second kappa shape index (κ2) is 8.48. The summed E-state index contributed by atoms with van der Waals surface area (Å²) in [4.78, 5) is 27.5. The third kappa shape index (κ3) is 4.93. The summed E-state index contributed by atoms with van der Waals surface area (Å²) in [6.45, 7) is 5.57. The van der Waals surface area contributed by atoms with E-state index in [0.717, 1.165) is 11.3 Å². The van der Waals surface area contributed by atoms with Crippen molar-refractivity contribution in [2.24, 2.45) is 0 Å². The Balaban J connectivity index is 1.94. The summed E-state index contributed by atoms with van der Waals surface area (Å²) in [6.07, 6.45) is 0. The number of carbonyl (C=O) groups excluding carboxylic acids is 1. The van der Waals surface area contributed by atoms with Crippen LogP contribution in [0.1, 0.15) is 40.3 Å². The van der Waals surface area contributed by atoms with Gasteiger partial charge in [-0.05, 0) is 32.9 Å². The molecule has 1 heterocycles. The molecule has 1 unspecified atom stereocenters. The van der Waals surface area contributed by atoms with Crippen molar-refractivity contribution < 1.29 is 24.2 Å². The Morgan fingerprint density at radius 1 is 1.28 bits per heavy atom. The highest BCUT2D eigenvalue weighted by Crippen LogP contribution is 2.26. The van der Waals surface area contributed by atoms with Gasteiger partial charge in [0.2, 0.25) is 0 Å². The summed E-state index contributed by atoms with van der Waals surface area (Å²) < 4.78 is 10.9. The number of para-hydroxylation sites is 2. The maximum atomic E-state index is 12.1. The number of aromatic carboxylic acids is 1. The SMILES string of the molecule is CCOc1ccccc1OCC(=O)NC(C)c1nc(C)c(C(=O)O)s1. The van der Waals surface area contributed by atoms with Crippen LogP contribution in [0.15, 0.2) is 24.3 Å². The fraction of sp³-hybridized carbons (Fsp3) is 0.353. The van der Waals surface area contributed by atoms with E-state index in [4.69, 9.17) is 14.6 Å². The van der Waals surface area contributed by atoms with E-state index in [9.17, 15) is 9.59 Å². The second-order valence-electron chi connectivity index (χ2n) is 5.23.